The summed E-state index contributed by atoms with van der Waals surface area (Å²) in [7, 11) is 1.68. The third-order valence-electron chi connectivity index (χ3n) is 2.59. The Bertz CT molecular complexity index is 335. The highest BCUT2D eigenvalue weighted by Gasteiger charge is 2.32. The summed E-state index contributed by atoms with van der Waals surface area (Å²) in [6, 6.07) is 0.124. The number of carbonyl (C=O) groups excluding carboxylic acids is 1. The molecule has 0 aromatic rings. The van der Waals surface area contributed by atoms with Gasteiger partial charge in [0, 0.05) is 26.9 Å². The van der Waals surface area contributed by atoms with Gasteiger partial charge in [-0.25, -0.2) is 4.79 Å². The molecule has 18 heavy (non-hydrogen) atoms. The second-order valence-corrected chi connectivity index (χ2v) is 5.26. The Balaban J connectivity index is 2.55. The molecule has 0 radical (unpaired) electrons. The Morgan fingerprint density at radius 2 is 2.22 bits per heavy atom. The van der Waals surface area contributed by atoms with Gasteiger partial charge in [-0.2, -0.15) is 5.10 Å². The summed E-state index contributed by atoms with van der Waals surface area (Å²) < 4.78 is 5.33. The van der Waals surface area contributed by atoms with Crippen molar-refractivity contribution in [1.82, 2.24) is 9.91 Å². The van der Waals surface area contributed by atoms with E-state index in [-0.39, 0.29) is 12.1 Å². The number of ether oxygens (including phenoxy) is 1. The number of likely N-dealkylation sites (tertiary alicyclic amines) is 1. The largest absolute Gasteiger partial charge is 0.444 e. The fourth-order valence-corrected chi connectivity index (χ4v) is 1.81. The van der Waals surface area contributed by atoms with E-state index in [2.05, 4.69) is 16.8 Å². The lowest BCUT2D eigenvalue weighted by Crippen LogP contribution is -2.38. The van der Waals surface area contributed by atoms with E-state index in [0.29, 0.717) is 13.1 Å². The molecule has 0 N–H and O–H groups in total. The molecule has 0 aliphatic carbocycles. The van der Waals surface area contributed by atoms with Crippen LogP contribution in [-0.4, -0.2) is 60.8 Å². The number of hydrazone groups is 1. The Morgan fingerprint density at radius 3 is 2.72 bits per heavy atom. The van der Waals surface area contributed by atoms with E-state index in [1.165, 1.54) is 0 Å². The number of rotatable bonds is 3. The van der Waals surface area contributed by atoms with Gasteiger partial charge in [-0.3, -0.25) is 10.0 Å². The molecule has 1 rings (SSSR count). The van der Waals surface area contributed by atoms with E-state index in [1.807, 2.05) is 20.8 Å². The average Bonchev–Trinajstić information content (AvgIpc) is 2.72. The topological polar surface area (TPSA) is 57.5 Å². The van der Waals surface area contributed by atoms with Gasteiger partial charge >= 0.3 is 6.09 Å². The summed E-state index contributed by atoms with van der Waals surface area (Å²) >= 11 is 0. The van der Waals surface area contributed by atoms with Crippen LogP contribution in [0, 0.1) is 0 Å². The highest BCUT2D eigenvalue weighted by Crippen LogP contribution is 2.18. The zero-order valence-corrected chi connectivity index (χ0v) is 11.6. The van der Waals surface area contributed by atoms with E-state index in [4.69, 9.17) is 4.74 Å². The summed E-state index contributed by atoms with van der Waals surface area (Å²) in [5.74, 6) is 0. The monoisotopic (exact) mass is 254 g/mol. The van der Waals surface area contributed by atoms with Gasteiger partial charge < -0.3 is 9.64 Å². The smallest absolute Gasteiger partial charge is 0.410 e. The lowest BCUT2D eigenvalue weighted by Gasteiger charge is -2.25. The Kier molecular flexibility index (Phi) is 4.69. The van der Waals surface area contributed by atoms with E-state index in [0.717, 1.165) is 6.42 Å². The number of amides is 1. The summed E-state index contributed by atoms with van der Waals surface area (Å²) in [6.45, 7) is 10.3. The molecule has 1 amide bonds. The van der Waals surface area contributed by atoms with Gasteiger partial charge in [0.2, 0.25) is 0 Å². The van der Waals surface area contributed by atoms with E-state index < -0.39 is 5.60 Å². The maximum Gasteiger partial charge on any atom is 0.410 e. The Morgan fingerprint density at radius 1 is 1.56 bits per heavy atom. The highest BCUT2D eigenvalue weighted by atomic mass is 16.6. The summed E-state index contributed by atoms with van der Waals surface area (Å²) in [5.41, 5.74) is -0.462. The number of aliphatic imine (C=N–C) groups is 1. The lowest BCUT2D eigenvalue weighted by atomic mass is 10.2. The van der Waals surface area contributed by atoms with Crippen molar-refractivity contribution in [1.29, 1.82) is 0 Å². The van der Waals surface area contributed by atoms with Crippen molar-refractivity contribution in [3.8, 4) is 0 Å². The minimum Gasteiger partial charge on any atom is -0.444 e. The number of carbonyl (C=O) groups is 1. The van der Waals surface area contributed by atoms with Crippen LogP contribution in [-0.2, 0) is 4.74 Å². The van der Waals surface area contributed by atoms with Gasteiger partial charge in [0.25, 0.3) is 0 Å². The van der Waals surface area contributed by atoms with Crippen molar-refractivity contribution in [2.24, 2.45) is 10.1 Å². The summed E-state index contributed by atoms with van der Waals surface area (Å²) in [6.07, 6.45) is 2.18. The Hall–Kier alpha value is -1.59. The molecule has 6 heteroatoms. The molecule has 1 saturated heterocycles. The standard InChI is InChI=1S/C12H22N4O2/c1-12(2,3)18-11(17)15-7-6-10(8-15)16(14-5)9-13-4/h9-10H,5-8H2,1-4H3/b13-9-/t10-/m1/s1. The normalized spacial score (nSPS) is 20.2. The first kappa shape index (κ1) is 14.5. The molecule has 1 aliphatic rings. The minimum absolute atomic E-state index is 0.124. The molecule has 1 aliphatic heterocycles. The highest BCUT2D eigenvalue weighted by molar-refractivity contribution is 5.68. The van der Waals surface area contributed by atoms with Crippen molar-refractivity contribution in [3.05, 3.63) is 0 Å². The van der Waals surface area contributed by atoms with Crippen LogP contribution in [0.5, 0.6) is 0 Å². The molecule has 0 saturated carbocycles. The van der Waals surface area contributed by atoms with Gasteiger partial charge in [0.15, 0.2) is 0 Å². The van der Waals surface area contributed by atoms with Crippen LogP contribution in [0.3, 0.4) is 0 Å². The fraction of sp³-hybridized carbons (Fsp3) is 0.750. The first-order valence-corrected chi connectivity index (χ1v) is 6.02. The predicted molar refractivity (Wildman–Crippen MR) is 72.0 cm³/mol. The molecule has 1 heterocycles. The molecule has 1 atom stereocenters. The van der Waals surface area contributed by atoms with Crippen LogP contribution in [0.2, 0.25) is 0 Å². The number of hydrogen-bond donors (Lipinski definition) is 0. The van der Waals surface area contributed by atoms with Gasteiger partial charge in [-0.05, 0) is 27.2 Å². The lowest BCUT2D eigenvalue weighted by molar-refractivity contribution is 0.0286. The molecule has 6 nitrogen and oxygen atoms in total. The first-order chi connectivity index (χ1) is 8.37. The third-order valence-corrected chi connectivity index (χ3v) is 2.59. The maximum absolute atomic E-state index is 11.9. The molecule has 0 aromatic carbocycles. The molecular weight excluding hydrogens is 232 g/mol. The van der Waals surface area contributed by atoms with Crippen molar-refractivity contribution >= 4 is 19.1 Å². The van der Waals surface area contributed by atoms with E-state index in [1.54, 1.807) is 23.3 Å². The molecular formula is C12H22N4O2. The number of nitrogens with zero attached hydrogens (tertiary/aromatic N) is 4. The second kappa shape index (κ2) is 5.84. The molecule has 0 unspecified atom stereocenters. The van der Waals surface area contributed by atoms with Crippen LogP contribution in [0.25, 0.3) is 0 Å². The molecule has 0 spiro atoms. The van der Waals surface area contributed by atoms with Gasteiger partial charge in [0.05, 0.1) is 6.04 Å². The quantitative estimate of drug-likeness (QED) is 0.436. The summed E-state index contributed by atoms with van der Waals surface area (Å²) in [5, 5.41) is 5.57. The van der Waals surface area contributed by atoms with Crippen LogP contribution in [0.15, 0.2) is 10.1 Å². The van der Waals surface area contributed by atoms with Crippen molar-refractivity contribution < 1.29 is 9.53 Å². The Labute approximate surface area is 108 Å². The maximum atomic E-state index is 11.9. The van der Waals surface area contributed by atoms with E-state index in [9.17, 15) is 4.79 Å². The minimum atomic E-state index is -0.462. The van der Waals surface area contributed by atoms with Crippen molar-refractivity contribution in [2.75, 3.05) is 20.1 Å². The first-order valence-electron chi connectivity index (χ1n) is 6.02. The van der Waals surface area contributed by atoms with Crippen LogP contribution in [0.4, 0.5) is 4.79 Å². The SMILES string of the molecule is C=NN(/C=N\C)[C@@H]1CCN(C(=O)OC(C)(C)C)C1. The predicted octanol–water partition coefficient (Wildman–Crippen LogP) is 1.57. The molecule has 102 valence electrons. The molecule has 1 fully saturated rings. The average molecular weight is 254 g/mol. The molecule has 0 aromatic heterocycles. The van der Waals surface area contributed by atoms with Crippen LogP contribution in [0.1, 0.15) is 27.2 Å². The van der Waals surface area contributed by atoms with Crippen molar-refractivity contribution in [2.45, 2.75) is 38.8 Å². The third kappa shape index (κ3) is 4.01. The van der Waals surface area contributed by atoms with Gasteiger partial charge in [-0.15, -0.1) is 0 Å². The zero-order chi connectivity index (χ0) is 13.8. The van der Waals surface area contributed by atoms with E-state index >= 15 is 0 Å². The fourth-order valence-electron chi connectivity index (χ4n) is 1.81. The summed E-state index contributed by atoms with van der Waals surface area (Å²) in [4.78, 5) is 17.5. The molecule has 0 bridgehead atoms. The van der Waals surface area contributed by atoms with Crippen LogP contribution >= 0.6 is 0 Å². The second-order valence-electron chi connectivity index (χ2n) is 5.26. The van der Waals surface area contributed by atoms with Crippen LogP contribution < -0.4 is 0 Å². The van der Waals surface area contributed by atoms with Crippen molar-refractivity contribution in [3.63, 3.8) is 0 Å². The zero-order valence-electron chi connectivity index (χ0n) is 11.6. The van der Waals surface area contributed by atoms with Gasteiger partial charge in [-0.1, -0.05) is 0 Å². The number of hydrogen-bond acceptors (Lipinski definition) is 4. The van der Waals surface area contributed by atoms with Gasteiger partial charge in [0.1, 0.15) is 11.9 Å².